The summed E-state index contributed by atoms with van der Waals surface area (Å²) in [4.78, 5) is 14.1. The van der Waals surface area contributed by atoms with Crippen LogP contribution in [0.25, 0.3) is 0 Å². The number of sulfonamides is 1. The lowest BCUT2D eigenvalue weighted by molar-refractivity contribution is 0.0687. The molecular weight excluding hydrogens is 386 g/mol. The molecule has 1 aliphatic heterocycles. The lowest BCUT2D eigenvalue weighted by atomic mass is 10.2. The van der Waals surface area contributed by atoms with Crippen molar-refractivity contribution in [3.8, 4) is 0 Å². The zero-order valence-corrected chi connectivity index (χ0v) is 15.6. The summed E-state index contributed by atoms with van der Waals surface area (Å²) in [7, 11) is -3.56. The number of thiophene rings is 1. The minimum Gasteiger partial charge on any atom is -0.360 e. The van der Waals surface area contributed by atoms with Crippen molar-refractivity contribution in [2.75, 3.05) is 26.2 Å². The third-order valence-electron chi connectivity index (χ3n) is 4.40. The minimum absolute atomic E-state index is 0.216. The van der Waals surface area contributed by atoms with Crippen LogP contribution in [0.1, 0.15) is 35.0 Å². The van der Waals surface area contributed by atoms with Crippen molar-refractivity contribution in [1.29, 1.82) is 0 Å². The van der Waals surface area contributed by atoms with Gasteiger partial charge >= 0.3 is 0 Å². The molecule has 4 rings (SSSR count). The number of amides is 1. The van der Waals surface area contributed by atoms with Crippen LogP contribution in [0.15, 0.2) is 26.9 Å². The molecular formula is C15H16ClN3O4S2. The second-order valence-corrected chi connectivity index (χ2v) is 10.0. The van der Waals surface area contributed by atoms with Crippen molar-refractivity contribution >= 4 is 38.9 Å². The van der Waals surface area contributed by atoms with Crippen LogP contribution in [0.2, 0.25) is 4.34 Å². The molecule has 1 saturated carbocycles. The molecule has 7 nitrogen and oxygen atoms in total. The van der Waals surface area contributed by atoms with E-state index in [0.717, 1.165) is 29.9 Å². The number of hydrogen-bond donors (Lipinski definition) is 0. The number of nitrogens with zero attached hydrogens (tertiary/aromatic N) is 3. The predicted octanol–water partition coefficient (Wildman–Crippen LogP) is 2.41. The van der Waals surface area contributed by atoms with Crippen molar-refractivity contribution in [1.82, 2.24) is 14.4 Å². The molecule has 2 aromatic rings. The molecule has 0 spiro atoms. The average molecular weight is 402 g/mol. The third kappa shape index (κ3) is 3.33. The van der Waals surface area contributed by atoms with Gasteiger partial charge in [0, 0.05) is 38.2 Å². The second-order valence-electron chi connectivity index (χ2n) is 6.14. The van der Waals surface area contributed by atoms with E-state index in [2.05, 4.69) is 5.16 Å². The monoisotopic (exact) mass is 401 g/mol. The molecule has 0 N–H and O–H groups in total. The summed E-state index contributed by atoms with van der Waals surface area (Å²) >= 11 is 6.87. The van der Waals surface area contributed by atoms with Crippen molar-refractivity contribution in [2.24, 2.45) is 0 Å². The van der Waals surface area contributed by atoms with Crippen molar-refractivity contribution in [3.63, 3.8) is 0 Å². The van der Waals surface area contributed by atoms with E-state index in [4.69, 9.17) is 16.1 Å². The summed E-state index contributed by atoms with van der Waals surface area (Å²) in [6.45, 7) is 1.14. The normalized spacial score (nSPS) is 19.3. The molecule has 25 heavy (non-hydrogen) atoms. The van der Waals surface area contributed by atoms with Gasteiger partial charge in [0.1, 0.15) is 9.97 Å². The Morgan fingerprint density at radius 2 is 1.96 bits per heavy atom. The van der Waals surface area contributed by atoms with Crippen LogP contribution in [-0.2, 0) is 10.0 Å². The van der Waals surface area contributed by atoms with Crippen molar-refractivity contribution < 1.29 is 17.7 Å². The average Bonchev–Trinajstić information content (AvgIpc) is 3.16. The summed E-state index contributed by atoms with van der Waals surface area (Å²) in [6.07, 6.45) is 2.15. The van der Waals surface area contributed by atoms with E-state index < -0.39 is 10.0 Å². The molecule has 2 aromatic heterocycles. The van der Waals surface area contributed by atoms with Gasteiger partial charge in [-0.1, -0.05) is 16.8 Å². The Bertz CT molecular complexity index is 896. The Kier molecular flexibility index (Phi) is 4.35. The van der Waals surface area contributed by atoms with Crippen LogP contribution in [0.4, 0.5) is 0 Å². The molecule has 0 radical (unpaired) electrons. The van der Waals surface area contributed by atoms with Crippen LogP contribution < -0.4 is 0 Å². The van der Waals surface area contributed by atoms with E-state index >= 15 is 0 Å². The maximum Gasteiger partial charge on any atom is 0.276 e. The Morgan fingerprint density at radius 3 is 2.56 bits per heavy atom. The quantitative estimate of drug-likeness (QED) is 0.785. The summed E-state index contributed by atoms with van der Waals surface area (Å²) < 4.78 is 32.4. The highest BCUT2D eigenvalue weighted by molar-refractivity contribution is 7.91. The molecule has 0 bridgehead atoms. The van der Waals surface area contributed by atoms with Gasteiger partial charge in [0.05, 0.1) is 4.34 Å². The molecule has 1 saturated heterocycles. The van der Waals surface area contributed by atoms with Gasteiger partial charge in [0.25, 0.3) is 15.9 Å². The molecule has 0 atom stereocenters. The summed E-state index contributed by atoms with van der Waals surface area (Å²) in [5.74, 6) is 0.944. The van der Waals surface area contributed by atoms with Crippen LogP contribution in [0.5, 0.6) is 0 Å². The Balaban J connectivity index is 1.41. The SMILES string of the molecule is O=C(c1cc(C2CC2)on1)N1CCN(S(=O)(=O)c2ccc(Cl)s2)CC1. The van der Waals surface area contributed by atoms with Gasteiger partial charge in [-0.05, 0) is 25.0 Å². The number of hydrogen-bond acceptors (Lipinski definition) is 6. The fourth-order valence-corrected chi connectivity index (χ4v) is 5.87. The highest BCUT2D eigenvalue weighted by Gasteiger charge is 2.33. The van der Waals surface area contributed by atoms with Gasteiger partial charge in [0.15, 0.2) is 5.69 Å². The number of aromatic nitrogens is 1. The van der Waals surface area contributed by atoms with Crippen molar-refractivity contribution in [3.05, 3.63) is 34.0 Å². The molecule has 1 aliphatic carbocycles. The van der Waals surface area contributed by atoms with Crippen LogP contribution in [-0.4, -0.2) is 54.9 Å². The van der Waals surface area contributed by atoms with Gasteiger partial charge < -0.3 is 9.42 Å². The van der Waals surface area contributed by atoms with Gasteiger partial charge in [0.2, 0.25) is 0 Å². The van der Waals surface area contributed by atoms with Crippen molar-refractivity contribution in [2.45, 2.75) is 23.0 Å². The topological polar surface area (TPSA) is 83.7 Å². The summed E-state index contributed by atoms with van der Waals surface area (Å²) in [6, 6.07) is 4.78. The predicted molar refractivity (Wildman–Crippen MR) is 92.5 cm³/mol. The number of rotatable bonds is 4. The smallest absolute Gasteiger partial charge is 0.276 e. The first-order valence-corrected chi connectivity index (χ1v) is 10.6. The number of carbonyl (C=O) groups excluding carboxylic acids is 1. The van der Waals surface area contributed by atoms with E-state index in [1.807, 2.05) is 0 Å². The van der Waals surface area contributed by atoms with Gasteiger partial charge in [-0.25, -0.2) is 8.42 Å². The molecule has 3 heterocycles. The van der Waals surface area contributed by atoms with Crippen LogP contribution in [0, 0.1) is 0 Å². The molecule has 10 heteroatoms. The Morgan fingerprint density at radius 1 is 1.24 bits per heavy atom. The lowest BCUT2D eigenvalue weighted by Crippen LogP contribution is -2.50. The molecule has 2 aliphatic rings. The first-order chi connectivity index (χ1) is 11.9. The summed E-state index contributed by atoms with van der Waals surface area (Å²) in [5, 5.41) is 3.86. The zero-order valence-electron chi connectivity index (χ0n) is 13.2. The Hall–Kier alpha value is -1.42. The van der Waals surface area contributed by atoms with E-state index in [9.17, 15) is 13.2 Å². The number of halogens is 1. The minimum atomic E-state index is -3.56. The Labute approximate surface area is 154 Å². The fourth-order valence-electron chi connectivity index (χ4n) is 2.81. The van der Waals surface area contributed by atoms with Gasteiger partial charge in [-0.2, -0.15) is 4.31 Å². The largest absolute Gasteiger partial charge is 0.360 e. The molecule has 1 amide bonds. The molecule has 134 valence electrons. The van der Waals surface area contributed by atoms with Crippen LogP contribution >= 0.6 is 22.9 Å². The summed E-state index contributed by atoms with van der Waals surface area (Å²) in [5.41, 5.74) is 0.295. The van der Waals surface area contributed by atoms with Gasteiger partial charge in [-0.15, -0.1) is 11.3 Å². The van der Waals surface area contributed by atoms with E-state index in [1.54, 1.807) is 17.0 Å². The number of carbonyl (C=O) groups is 1. The molecule has 0 aromatic carbocycles. The number of piperazine rings is 1. The highest BCUT2D eigenvalue weighted by Crippen LogP contribution is 2.40. The van der Waals surface area contributed by atoms with E-state index in [1.165, 1.54) is 10.4 Å². The standard InChI is InChI=1S/C15H16ClN3O4S2/c16-13-3-4-14(24-13)25(21,22)19-7-5-18(6-8-19)15(20)11-9-12(23-17-11)10-1-2-10/h3-4,9-10H,1-2,5-8H2. The van der Waals surface area contributed by atoms with Crippen LogP contribution in [0.3, 0.4) is 0 Å². The maximum atomic E-state index is 12.6. The fraction of sp³-hybridized carbons (Fsp3) is 0.467. The second kappa shape index (κ2) is 6.39. The molecule has 0 unspecified atom stereocenters. The molecule has 2 fully saturated rings. The van der Waals surface area contributed by atoms with Gasteiger partial charge in [-0.3, -0.25) is 4.79 Å². The third-order valence-corrected chi connectivity index (χ3v) is 7.99. The highest BCUT2D eigenvalue weighted by atomic mass is 35.5. The van der Waals surface area contributed by atoms with E-state index in [-0.39, 0.29) is 23.2 Å². The first kappa shape index (κ1) is 17.0. The lowest BCUT2D eigenvalue weighted by Gasteiger charge is -2.33. The first-order valence-electron chi connectivity index (χ1n) is 7.96. The zero-order chi connectivity index (χ0) is 17.6. The van der Waals surface area contributed by atoms with E-state index in [0.29, 0.717) is 29.0 Å². The maximum absolute atomic E-state index is 12.6.